The summed E-state index contributed by atoms with van der Waals surface area (Å²) < 4.78 is 28.1. The van der Waals surface area contributed by atoms with Crippen LogP contribution in [0, 0.1) is 17.8 Å². The largest absolute Gasteiger partial charge is 0.449 e. The first kappa shape index (κ1) is 20.4. The maximum Gasteiger partial charge on any atom is 0.338 e. The third-order valence-corrected chi connectivity index (χ3v) is 7.56. The highest BCUT2D eigenvalue weighted by Gasteiger charge is 2.51. The molecule has 5 rings (SSSR count). The number of nitrogens with one attached hydrogen (secondary N) is 1. The van der Waals surface area contributed by atoms with Gasteiger partial charge >= 0.3 is 5.97 Å². The lowest BCUT2D eigenvalue weighted by Crippen LogP contribution is -2.61. The average Bonchev–Trinajstić information content (AvgIpc) is 2.59. The molecule has 0 aromatic heterocycles. The van der Waals surface area contributed by atoms with Gasteiger partial charge in [-0.05, 0) is 80.9 Å². The van der Waals surface area contributed by atoms with Crippen LogP contribution in [0.5, 0.6) is 0 Å². The second kappa shape index (κ2) is 7.42. The maximum absolute atomic E-state index is 12.8. The van der Waals surface area contributed by atoms with Gasteiger partial charge in [0.2, 0.25) is 0 Å². The van der Waals surface area contributed by atoms with Crippen molar-refractivity contribution in [3.63, 3.8) is 0 Å². The number of carbonyl (C=O) groups excluding carboxylic acids is 2. The van der Waals surface area contributed by atoms with Gasteiger partial charge in [-0.25, -0.2) is 13.2 Å². The van der Waals surface area contributed by atoms with Crippen LogP contribution in [0.15, 0.2) is 24.3 Å². The fourth-order valence-corrected chi connectivity index (χ4v) is 6.75. The number of rotatable bonds is 6. The average molecular weight is 420 g/mol. The molecular weight excluding hydrogens is 390 g/mol. The van der Waals surface area contributed by atoms with E-state index in [4.69, 9.17) is 4.74 Å². The molecule has 4 saturated carbocycles. The summed E-state index contributed by atoms with van der Waals surface area (Å²) in [5.41, 5.74) is 0.799. The van der Waals surface area contributed by atoms with Crippen LogP contribution in [0.25, 0.3) is 0 Å². The first-order chi connectivity index (χ1) is 13.6. The van der Waals surface area contributed by atoms with Crippen molar-refractivity contribution in [3.8, 4) is 0 Å². The van der Waals surface area contributed by atoms with Crippen molar-refractivity contribution in [1.82, 2.24) is 5.32 Å². The molecule has 0 heterocycles. The van der Waals surface area contributed by atoms with Crippen LogP contribution in [-0.4, -0.2) is 38.2 Å². The molecule has 6 nitrogen and oxygen atoms in total. The molecule has 7 heteroatoms. The van der Waals surface area contributed by atoms with Crippen LogP contribution in [0.2, 0.25) is 0 Å². The number of hydrogen-bond acceptors (Lipinski definition) is 5. The zero-order valence-corrected chi connectivity index (χ0v) is 17.8. The van der Waals surface area contributed by atoms with Gasteiger partial charge in [0.25, 0.3) is 5.91 Å². The van der Waals surface area contributed by atoms with Crippen LogP contribution < -0.4 is 5.32 Å². The molecule has 4 bridgehead atoms. The lowest BCUT2D eigenvalue weighted by atomic mass is 9.53. The topological polar surface area (TPSA) is 89.5 Å². The van der Waals surface area contributed by atoms with Crippen LogP contribution >= 0.6 is 0 Å². The Labute approximate surface area is 172 Å². The van der Waals surface area contributed by atoms with Crippen molar-refractivity contribution in [2.45, 2.75) is 62.8 Å². The van der Waals surface area contributed by atoms with E-state index >= 15 is 0 Å². The van der Waals surface area contributed by atoms with Gasteiger partial charge in [-0.3, -0.25) is 4.79 Å². The van der Waals surface area contributed by atoms with Crippen LogP contribution in [0.1, 0.15) is 61.4 Å². The van der Waals surface area contributed by atoms with E-state index in [-0.39, 0.29) is 17.2 Å². The molecule has 4 aliphatic carbocycles. The summed E-state index contributed by atoms with van der Waals surface area (Å²) in [6.07, 6.45) is 7.34. The van der Waals surface area contributed by atoms with E-state index in [1.165, 1.54) is 37.7 Å². The van der Waals surface area contributed by atoms with E-state index in [1.54, 1.807) is 19.1 Å². The predicted octanol–water partition coefficient (Wildman–Crippen LogP) is 2.86. The minimum absolute atomic E-state index is 0.0772. The number of hydrogen-bond donors (Lipinski definition) is 1. The van der Waals surface area contributed by atoms with E-state index in [2.05, 4.69) is 5.32 Å². The summed E-state index contributed by atoms with van der Waals surface area (Å²) in [5.74, 6) is 1.30. The molecule has 4 fully saturated rings. The number of esters is 1. The zero-order valence-electron chi connectivity index (χ0n) is 17.0. The molecule has 0 unspecified atom stereocenters. The SMILES string of the molecule is C[C@H](OC(=O)c1ccc(CS(C)(=O)=O)cc1)C(=O)NC12CC3CC(CC(C3)C1)C2. The highest BCUT2D eigenvalue weighted by Crippen LogP contribution is 2.55. The monoisotopic (exact) mass is 419 g/mol. The molecule has 4 aliphatic rings. The maximum atomic E-state index is 12.8. The minimum Gasteiger partial charge on any atom is -0.449 e. The van der Waals surface area contributed by atoms with Crippen LogP contribution in [0.3, 0.4) is 0 Å². The third-order valence-electron chi connectivity index (χ3n) is 6.70. The number of sulfone groups is 1. The molecule has 0 saturated heterocycles. The van der Waals surface area contributed by atoms with Crippen LogP contribution in [0.4, 0.5) is 0 Å². The van der Waals surface area contributed by atoms with E-state index < -0.39 is 21.9 Å². The minimum atomic E-state index is -3.13. The van der Waals surface area contributed by atoms with E-state index in [9.17, 15) is 18.0 Å². The summed E-state index contributed by atoms with van der Waals surface area (Å²) in [5, 5.41) is 3.23. The molecule has 1 atom stereocenters. The number of carbonyl (C=O) groups is 2. The summed E-state index contributed by atoms with van der Waals surface area (Å²) in [4.78, 5) is 25.1. The number of amides is 1. The van der Waals surface area contributed by atoms with E-state index in [0.29, 0.717) is 11.1 Å². The molecule has 29 heavy (non-hydrogen) atoms. The Morgan fingerprint density at radius 2 is 1.59 bits per heavy atom. The van der Waals surface area contributed by atoms with Gasteiger partial charge in [0.05, 0.1) is 11.3 Å². The van der Waals surface area contributed by atoms with Crippen molar-refractivity contribution < 1.29 is 22.7 Å². The Kier molecular flexibility index (Phi) is 5.21. The molecule has 158 valence electrons. The molecule has 1 N–H and O–H groups in total. The van der Waals surface area contributed by atoms with E-state index in [1.807, 2.05) is 0 Å². The second-order valence-electron chi connectivity index (χ2n) is 9.50. The smallest absolute Gasteiger partial charge is 0.338 e. The first-order valence-electron chi connectivity index (χ1n) is 10.4. The molecule has 1 amide bonds. The molecule has 1 aromatic rings. The van der Waals surface area contributed by atoms with Gasteiger partial charge in [-0.2, -0.15) is 0 Å². The van der Waals surface area contributed by atoms with E-state index in [0.717, 1.165) is 37.0 Å². The van der Waals surface area contributed by atoms with Crippen molar-refractivity contribution >= 4 is 21.7 Å². The Hall–Kier alpha value is -1.89. The quantitative estimate of drug-likeness (QED) is 0.716. The Morgan fingerprint density at radius 1 is 1.07 bits per heavy atom. The summed E-state index contributed by atoms with van der Waals surface area (Å²) >= 11 is 0. The normalized spacial score (nSPS) is 31.3. The van der Waals surface area contributed by atoms with Gasteiger partial charge in [-0.15, -0.1) is 0 Å². The highest BCUT2D eigenvalue weighted by atomic mass is 32.2. The van der Waals surface area contributed by atoms with Gasteiger partial charge < -0.3 is 10.1 Å². The van der Waals surface area contributed by atoms with Gasteiger partial charge in [0, 0.05) is 11.8 Å². The first-order valence-corrected chi connectivity index (χ1v) is 12.5. The standard InChI is InChI=1S/C22H29NO5S/c1-14(28-21(25)19-5-3-15(4-6-19)13-29(2,26)27)20(24)23-22-10-16-7-17(11-22)9-18(8-16)12-22/h3-6,14,16-18H,7-13H2,1-2H3,(H,23,24)/t14-,16?,17?,18?,22?/m0/s1. The molecule has 1 aromatic carbocycles. The fraction of sp³-hybridized carbons (Fsp3) is 0.636. The Morgan fingerprint density at radius 3 is 2.07 bits per heavy atom. The Bertz CT molecular complexity index is 870. The fourth-order valence-electron chi connectivity index (χ4n) is 5.95. The highest BCUT2D eigenvalue weighted by molar-refractivity contribution is 7.89. The molecule has 0 spiro atoms. The number of benzene rings is 1. The number of ether oxygens (including phenoxy) is 1. The zero-order chi connectivity index (χ0) is 20.8. The molecule has 0 radical (unpaired) electrons. The summed E-state index contributed by atoms with van der Waals surface area (Å²) in [6.45, 7) is 1.60. The van der Waals surface area contributed by atoms with Crippen molar-refractivity contribution in [2.24, 2.45) is 17.8 Å². The van der Waals surface area contributed by atoms with Gasteiger partial charge in [0.1, 0.15) is 0 Å². The Balaban J connectivity index is 1.34. The van der Waals surface area contributed by atoms with Crippen molar-refractivity contribution in [3.05, 3.63) is 35.4 Å². The second-order valence-corrected chi connectivity index (χ2v) is 11.6. The van der Waals surface area contributed by atoms with Crippen LogP contribution in [-0.2, 0) is 25.1 Å². The van der Waals surface area contributed by atoms with Gasteiger partial charge in [0.15, 0.2) is 15.9 Å². The molecular formula is C22H29NO5S. The molecule has 0 aliphatic heterocycles. The van der Waals surface area contributed by atoms with Gasteiger partial charge in [-0.1, -0.05) is 12.1 Å². The lowest BCUT2D eigenvalue weighted by molar-refractivity contribution is -0.134. The third kappa shape index (κ3) is 4.65. The predicted molar refractivity (Wildman–Crippen MR) is 109 cm³/mol. The summed E-state index contributed by atoms with van der Waals surface area (Å²) in [7, 11) is -3.13. The summed E-state index contributed by atoms with van der Waals surface area (Å²) in [6, 6.07) is 6.26. The lowest BCUT2D eigenvalue weighted by Gasteiger charge is -2.57. The van der Waals surface area contributed by atoms with Crippen molar-refractivity contribution in [2.75, 3.05) is 6.26 Å². The van der Waals surface area contributed by atoms with Crippen molar-refractivity contribution in [1.29, 1.82) is 0 Å².